The van der Waals surface area contributed by atoms with E-state index in [-0.39, 0.29) is 0 Å². The van der Waals surface area contributed by atoms with E-state index >= 15 is 0 Å². The lowest BCUT2D eigenvalue weighted by atomic mass is 10.1. The summed E-state index contributed by atoms with van der Waals surface area (Å²) in [5.74, 6) is 0. The smallest absolute Gasteiger partial charge is 0.0485 e. The molecule has 0 fully saturated rings. The number of halogens is 1. The van der Waals surface area contributed by atoms with E-state index in [1.165, 1.54) is 11.3 Å². The highest BCUT2D eigenvalue weighted by Crippen LogP contribution is 2.22. The highest BCUT2D eigenvalue weighted by molar-refractivity contribution is 9.10. The molecule has 19 heavy (non-hydrogen) atoms. The Morgan fingerprint density at radius 1 is 0.947 bits per heavy atom. The van der Waals surface area contributed by atoms with E-state index in [0.717, 1.165) is 10.2 Å². The molecule has 1 N–H and O–H groups in total. The van der Waals surface area contributed by atoms with E-state index in [0.29, 0.717) is 6.04 Å². The van der Waals surface area contributed by atoms with Gasteiger partial charge in [-0.2, -0.15) is 0 Å². The molecule has 2 nitrogen and oxygen atoms in total. The topological polar surface area (TPSA) is 15.3 Å². The lowest BCUT2D eigenvalue weighted by molar-refractivity contribution is 0.884. The van der Waals surface area contributed by atoms with Gasteiger partial charge in [0.2, 0.25) is 0 Å². The Kier molecular flexibility index (Phi) is 4.48. The van der Waals surface area contributed by atoms with Crippen LogP contribution in [-0.4, -0.2) is 14.1 Å². The Balaban J connectivity index is 2.06. The van der Waals surface area contributed by atoms with Crippen LogP contribution in [-0.2, 0) is 0 Å². The molecular weight excluding hydrogens is 300 g/mol. The minimum Gasteiger partial charge on any atom is -0.379 e. The van der Waals surface area contributed by atoms with E-state index in [4.69, 9.17) is 0 Å². The van der Waals surface area contributed by atoms with Crippen molar-refractivity contribution in [2.45, 2.75) is 13.0 Å². The summed E-state index contributed by atoms with van der Waals surface area (Å²) >= 11 is 3.46. The fourth-order valence-corrected chi connectivity index (χ4v) is 2.20. The average molecular weight is 319 g/mol. The van der Waals surface area contributed by atoms with E-state index in [9.17, 15) is 0 Å². The van der Waals surface area contributed by atoms with Crippen LogP contribution in [0.1, 0.15) is 18.5 Å². The molecule has 1 unspecified atom stereocenters. The van der Waals surface area contributed by atoms with Crippen molar-refractivity contribution in [2.75, 3.05) is 24.3 Å². The number of anilines is 2. The van der Waals surface area contributed by atoms with Gasteiger partial charge >= 0.3 is 0 Å². The van der Waals surface area contributed by atoms with Gasteiger partial charge in [0.15, 0.2) is 0 Å². The third kappa shape index (κ3) is 3.74. The monoisotopic (exact) mass is 318 g/mol. The van der Waals surface area contributed by atoms with E-state index in [2.05, 4.69) is 81.6 Å². The van der Waals surface area contributed by atoms with Crippen molar-refractivity contribution >= 4 is 27.3 Å². The second-order valence-corrected chi connectivity index (χ2v) is 5.77. The van der Waals surface area contributed by atoms with Crippen LogP contribution in [0, 0.1) is 0 Å². The Labute approximate surface area is 123 Å². The van der Waals surface area contributed by atoms with Gasteiger partial charge in [0.05, 0.1) is 0 Å². The molecule has 0 aromatic heterocycles. The van der Waals surface area contributed by atoms with Crippen molar-refractivity contribution in [2.24, 2.45) is 0 Å². The Morgan fingerprint density at radius 2 is 1.53 bits per heavy atom. The second-order valence-electron chi connectivity index (χ2n) is 4.86. The SMILES string of the molecule is CC(Nc1ccc(N(C)C)cc1)c1ccc(Br)cc1. The Hall–Kier alpha value is -1.48. The molecule has 0 aliphatic carbocycles. The fraction of sp³-hybridized carbons (Fsp3) is 0.250. The number of hydrogen-bond acceptors (Lipinski definition) is 2. The zero-order valence-electron chi connectivity index (χ0n) is 11.5. The van der Waals surface area contributed by atoms with Crippen molar-refractivity contribution in [1.82, 2.24) is 0 Å². The largest absolute Gasteiger partial charge is 0.379 e. The highest BCUT2D eigenvalue weighted by Gasteiger charge is 2.05. The molecule has 0 radical (unpaired) electrons. The summed E-state index contributed by atoms with van der Waals surface area (Å²) in [6.45, 7) is 2.17. The summed E-state index contributed by atoms with van der Waals surface area (Å²) in [4.78, 5) is 2.10. The van der Waals surface area contributed by atoms with Crippen LogP contribution >= 0.6 is 15.9 Å². The van der Waals surface area contributed by atoms with Crippen LogP contribution in [0.15, 0.2) is 53.0 Å². The fourth-order valence-electron chi connectivity index (χ4n) is 1.94. The van der Waals surface area contributed by atoms with Crippen molar-refractivity contribution in [1.29, 1.82) is 0 Å². The molecule has 0 saturated heterocycles. The summed E-state index contributed by atoms with van der Waals surface area (Å²) in [7, 11) is 4.10. The van der Waals surface area contributed by atoms with Gasteiger partial charge in [0.1, 0.15) is 0 Å². The van der Waals surface area contributed by atoms with Crippen molar-refractivity contribution in [3.8, 4) is 0 Å². The summed E-state index contributed by atoms with van der Waals surface area (Å²) in [6.07, 6.45) is 0. The van der Waals surface area contributed by atoms with Crippen molar-refractivity contribution < 1.29 is 0 Å². The normalized spacial score (nSPS) is 12.0. The third-order valence-electron chi connectivity index (χ3n) is 3.14. The van der Waals surface area contributed by atoms with Gasteiger partial charge in [-0.15, -0.1) is 0 Å². The van der Waals surface area contributed by atoms with E-state index in [1.807, 2.05) is 14.1 Å². The quantitative estimate of drug-likeness (QED) is 0.879. The number of benzene rings is 2. The first kappa shape index (κ1) is 13.9. The lowest BCUT2D eigenvalue weighted by Crippen LogP contribution is -2.09. The number of nitrogens with zero attached hydrogens (tertiary/aromatic N) is 1. The van der Waals surface area contributed by atoms with Gasteiger partial charge < -0.3 is 10.2 Å². The molecule has 100 valence electrons. The van der Waals surface area contributed by atoms with Crippen molar-refractivity contribution in [3.63, 3.8) is 0 Å². The predicted molar refractivity (Wildman–Crippen MR) is 86.9 cm³/mol. The van der Waals surface area contributed by atoms with Crippen LogP contribution in [0.4, 0.5) is 11.4 Å². The van der Waals surface area contributed by atoms with Crippen LogP contribution in [0.5, 0.6) is 0 Å². The highest BCUT2D eigenvalue weighted by atomic mass is 79.9. The molecule has 2 rings (SSSR count). The van der Waals surface area contributed by atoms with Crippen LogP contribution in [0.25, 0.3) is 0 Å². The van der Waals surface area contributed by atoms with E-state index < -0.39 is 0 Å². The van der Waals surface area contributed by atoms with Crippen LogP contribution in [0.2, 0.25) is 0 Å². The average Bonchev–Trinajstić information content (AvgIpc) is 2.40. The summed E-state index contributed by atoms with van der Waals surface area (Å²) < 4.78 is 1.11. The molecule has 0 heterocycles. The lowest BCUT2D eigenvalue weighted by Gasteiger charge is -2.17. The van der Waals surface area contributed by atoms with Crippen molar-refractivity contribution in [3.05, 3.63) is 58.6 Å². The van der Waals surface area contributed by atoms with Gasteiger partial charge in [-0.1, -0.05) is 28.1 Å². The first-order chi connectivity index (χ1) is 9.06. The molecular formula is C16H19BrN2. The second kappa shape index (κ2) is 6.11. The maximum absolute atomic E-state index is 3.51. The van der Waals surface area contributed by atoms with Crippen LogP contribution in [0.3, 0.4) is 0 Å². The van der Waals surface area contributed by atoms with Gasteiger partial charge in [-0.25, -0.2) is 0 Å². The zero-order chi connectivity index (χ0) is 13.8. The van der Waals surface area contributed by atoms with Gasteiger partial charge in [0.25, 0.3) is 0 Å². The number of nitrogens with one attached hydrogen (secondary N) is 1. The Bertz CT molecular complexity index is 517. The maximum Gasteiger partial charge on any atom is 0.0485 e. The summed E-state index contributed by atoms with van der Waals surface area (Å²) in [5, 5.41) is 3.51. The third-order valence-corrected chi connectivity index (χ3v) is 3.67. The first-order valence-electron chi connectivity index (χ1n) is 6.35. The molecule has 0 spiro atoms. The molecule has 0 bridgehead atoms. The maximum atomic E-state index is 3.51. The van der Waals surface area contributed by atoms with Gasteiger partial charge in [-0.3, -0.25) is 0 Å². The van der Waals surface area contributed by atoms with Gasteiger partial charge in [-0.05, 0) is 48.9 Å². The summed E-state index contributed by atoms with van der Waals surface area (Å²) in [5.41, 5.74) is 3.63. The summed E-state index contributed by atoms with van der Waals surface area (Å²) in [6, 6.07) is 17.2. The molecule has 0 aliphatic rings. The zero-order valence-corrected chi connectivity index (χ0v) is 13.1. The molecule has 0 aliphatic heterocycles. The molecule has 0 saturated carbocycles. The molecule has 2 aromatic carbocycles. The first-order valence-corrected chi connectivity index (χ1v) is 7.15. The molecule has 3 heteroatoms. The minimum atomic E-state index is 0.290. The number of hydrogen-bond donors (Lipinski definition) is 1. The predicted octanol–water partition coefficient (Wildman–Crippen LogP) is 4.69. The van der Waals surface area contributed by atoms with Gasteiger partial charge in [0, 0.05) is 36.0 Å². The molecule has 2 aromatic rings. The number of rotatable bonds is 4. The Morgan fingerprint density at radius 3 is 2.05 bits per heavy atom. The molecule has 0 amide bonds. The standard InChI is InChI=1S/C16H19BrN2/c1-12(13-4-6-14(17)7-5-13)18-15-8-10-16(11-9-15)19(2)3/h4-12,18H,1-3H3. The van der Waals surface area contributed by atoms with E-state index in [1.54, 1.807) is 0 Å². The minimum absolute atomic E-state index is 0.290. The van der Waals surface area contributed by atoms with Crippen LogP contribution < -0.4 is 10.2 Å². The molecule has 1 atom stereocenters.